The van der Waals surface area contributed by atoms with Gasteiger partial charge in [-0.1, -0.05) is 48.0 Å². The van der Waals surface area contributed by atoms with Gasteiger partial charge in [0.15, 0.2) is 12.6 Å². The number of benzene rings is 3. The van der Waals surface area contributed by atoms with Crippen molar-refractivity contribution in [2.75, 3.05) is 18.5 Å². The molecule has 0 saturated carbocycles. The Kier molecular flexibility index (Phi) is 10.5. The molecule has 0 aliphatic heterocycles. The van der Waals surface area contributed by atoms with Crippen molar-refractivity contribution >= 4 is 35.3 Å². The highest BCUT2D eigenvalue weighted by Gasteiger charge is 2.24. The molecule has 1 atom stereocenters. The first-order chi connectivity index (χ1) is 18.3. The lowest BCUT2D eigenvalue weighted by molar-refractivity contribution is -0.145. The zero-order valence-corrected chi connectivity index (χ0v) is 20.7. The number of halogens is 2. The van der Waals surface area contributed by atoms with Crippen molar-refractivity contribution in [2.45, 2.75) is 19.1 Å². The predicted molar refractivity (Wildman–Crippen MR) is 136 cm³/mol. The lowest BCUT2D eigenvalue weighted by atomic mass is 10.1. The number of carbonyl (C=O) groups excluding carboxylic acids is 3. The summed E-state index contributed by atoms with van der Waals surface area (Å²) in [5.41, 5.74) is 1.82. The molecular formula is C27H23ClFN3O6. The van der Waals surface area contributed by atoms with E-state index in [0.29, 0.717) is 27.6 Å². The molecular weight excluding hydrogens is 517 g/mol. The molecule has 0 bridgehead atoms. The third kappa shape index (κ3) is 9.11. The second kappa shape index (κ2) is 14.2. The number of alkyl carbamates (subject to hydrolysis) is 1. The summed E-state index contributed by atoms with van der Waals surface area (Å²) in [4.78, 5) is 36.8. The van der Waals surface area contributed by atoms with Crippen molar-refractivity contribution in [1.29, 1.82) is 5.26 Å². The lowest BCUT2D eigenvalue weighted by Crippen LogP contribution is -2.46. The second-order valence-electron chi connectivity index (χ2n) is 7.83. The van der Waals surface area contributed by atoms with E-state index in [2.05, 4.69) is 10.6 Å². The van der Waals surface area contributed by atoms with E-state index in [-0.39, 0.29) is 31.4 Å². The van der Waals surface area contributed by atoms with E-state index in [1.165, 1.54) is 24.3 Å². The molecule has 2 amide bonds. The molecule has 0 heterocycles. The molecule has 0 radical (unpaired) electrons. The number of anilines is 1. The molecule has 3 aromatic carbocycles. The van der Waals surface area contributed by atoms with Crippen LogP contribution < -0.4 is 15.4 Å². The zero-order valence-electron chi connectivity index (χ0n) is 20.0. The normalized spacial score (nSPS) is 11.0. The van der Waals surface area contributed by atoms with E-state index in [1.807, 2.05) is 0 Å². The number of rotatable bonds is 11. The van der Waals surface area contributed by atoms with Gasteiger partial charge < -0.3 is 24.8 Å². The quantitative estimate of drug-likeness (QED) is 0.346. The smallest absolute Gasteiger partial charge is 0.408 e. The minimum Gasteiger partial charge on any atom is -0.489 e. The highest BCUT2D eigenvalue weighted by atomic mass is 35.5. The fraction of sp³-hybridized carbons (Fsp3) is 0.185. The number of amides is 2. The molecule has 0 saturated heterocycles. The first kappa shape index (κ1) is 28.0. The van der Waals surface area contributed by atoms with Gasteiger partial charge in [0.1, 0.15) is 30.8 Å². The van der Waals surface area contributed by atoms with Gasteiger partial charge in [-0.2, -0.15) is 5.26 Å². The standard InChI is InChI=1S/C27H23ClFN3O6/c28-22-3-1-2-4-24(22)37-17-23(26(34)36-14-13-30)32-27(35)38-16-19-7-11-21(12-8-19)31-25(33)15-18-5-9-20(29)10-6-18/h1-12,23H,14-17H2,(H,31,33)(H,32,35). The van der Waals surface area contributed by atoms with Crippen LogP contribution in [-0.2, 0) is 32.1 Å². The van der Waals surface area contributed by atoms with E-state index in [1.54, 1.807) is 54.6 Å². The van der Waals surface area contributed by atoms with E-state index >= 15 is 0 Å². The van der Waals surface area contributed by atoms with Crippen molar-refractivity contribution < 1.29 is 33.0 Å². The first-order valence-electron chi connectivity index (χ1n) is 11.3. The number of ether oxygens (including phenoxy) is 3. The molecule has 3 aromatic rings. The van der Waals surface area contributed by atoms with Gasteiger partial charge in [-0.25, -0.2) is 14.0 Å². The van der Waals surface area contributed by atoms with Crippen LogP contribution in [0.3, 0.4) is 0 Å². The monoisotopic (exact) mass is 539 g/mol. The molecule has 1 unspecified atom stereocenters. The van der Waals surface area contributed by atoms with Crippen molar-refractivity contribution in [1.82, 2.24) is 5.32 Å². The number of para-hydroxylation sites is 1. The van der Waals surface area contributed by atoms with Gasteiger partial charge in [0.2, 0.25) is 5.91 Å². The number of nitriles is 1. The van der Waals surface area contributed by atoms with Crippen molar-refractivity contribution in [3.05, 3.63) is 94.8 Å². The molecule has 9 nitrogen and oxygen atoms in total. The topological polar surface area (TPSA) is 127 Å². The Morgan fingerprint density at radius 1 is 0.947 bits per heavy atom. The van der Waals surface area contributed by atoms with Crippen LogP contribution in [0.25, 0.3) is 0 Å². The minimum atomic E-state index is -1.26. The maximum Gasteiger partial charge on any atom is 0.408 e. The van der Waals surface area contributed by atoms with E-state index in [0.717, 1.165) is 0 Å². The van der Waals surface area contributed by atoms with Gasteiger partial charge in [-0.15, -0.1) is 0 Å². The Morgan fingerprint density at radius 2 is 1.63 bits per heavy atom. The Bertz CT molecular complexity index is 1300. The fourth-order valence-corrected chi connectivity index (χ4v) is 3.31. The molecule has 0 aromatic heterocycles. The molecule has 0 aliphatic carbocycles. The number of hydrogen-bond acceptors (Lipinski definition) is 7. The molecule has 3 rings (SSSR count). The Morgan fingerprint density at radius 3 is 2.32 bits per heavy atom. The van der Waals surface area contributed by atoms with Crippen LogP contribution in [0.4, 0.5) is 14.9 Å². The molecule has 2 N–H and O–H groups in total. The third-order valence-corrected chi connectivity index (χ3v) is 5.30. The Labute approximate surface area is 223 Å². The summed E-state index contributed by atoms with van der Waals surface area (Å²) in [6.07, 6.45) is -0.827. The van der Waals surface area contributed by atoms with Gasteiger partial charge in [0, 0.05) is 5.69 Å². The lowest BCUT2D eigenvalue weighted by Gasteiger charge is -2.18. The second-order valence-corrected chi connectivity index (χ2v) is 8.24. The van der Waals surface area contributed by atoms with Crippen LogP contribution in [0.2, 0.25) is 5.02 Å². The molecule has 0 aliphatic rings. The Balaban J connectivity index is 1.49. The van der Waals surface area contributed by atoms with Crippen LogP contribution in [0.15, 0.2) is 72.8 Å². The summed E-state index contributed by atoms with van der Waals surface area (Å²) in [6.45, 7) is -0.929. The van der Waals surface area contributed by atoms with Crippen molar-refractivity contribution in [3.63, 3.8) is 0 Å². The number of nitrogens with zero attached hydrogens (tertiary/aromatic N) is 1. The highest BCUT2D eigenvalue weighted by molar-refractivity contribution is 6.32. The summed E-state index contributed by atoms with van der Waals surface area (Å²) in [7, 11) is 0. The van der Waals surface area contributed by atoms with Crippen molar-refractivity contribution in [2.24, 2.45) is 0 Å². The van der Waals surface area contributed by atoms with Gasteiger partial charge >= 0.3 is 12.1 Å². The van der Waals surface area contributed by atoms with E-state index in [9.17, 15) is 18.8 Å². The van der Waals surface area contributed by atoms with Crippen LogP contribution in [0.5, 0.6) is 5.75 Å². The molecule has 0 fully saturated rings. The van der Waals surface area contributed by atoms with E-state index < -0.39 is 24.7 Å². The SMILES string of the molecule is N#CCOC(=O)C(COc1ccccc1Cl)NC(=O)OCc1ccc(NC(=O)Cc2ccc(F)cc2)cc1. The summed E-state index contributed by atoms with van der Waals surface area (Å²) in [5, 5.41) is 14.1. The highest BCUT2D eigenvalue weighted by Crippen LogP contribution is 2.23. The summed E-state index contributed by atoms with van der Waals surface area (Å²) >= 11 is 6.04. The minimum absolute atomic E-state index is 0.0868. The largest absolute Gasteiger partial charge is 0.489 e. The maximum absolute atomic E-state index is 13.0. The van der Waals surface area contributed by atoms with Crippen LogP contribution >= 0.6 is 11.6 Å². The van der Waals surface area contributed by atoms with Gasteiger partial charge in [-0.05, 0) is 47.5 Å². The van der Waals surface area contributed by atoms with E-state index in [4.69, 9.17) is 31.1 Å². The van der Waals surface area contributed by atoms with Gasteiger partial charge in [-0.3, -0.25) is 4.79 Å². The molecule has 38 heavy (non-hydrogen) atoms. The number of hydrogen-bond donors (Lipinski definition) is 2. The molecule has 196 valence electrons. The average molecular weight is 540 g/mol. The maximum atomic E-state index is 13.0. The zero-order chi connectivity index (χ0) is 27.3. The molecule has 11 heteroatoms. The number of carbonyl (C=O) groups is 3. The summed E-state index contributed by atoms with van der Waals surface area (Å²) < 4.78 is 28.5. The Hall–Kier alpha value is -4.62. The molecule has 0 spiro atoms. The van der Waals surface area contributed by atoms with Gasteiger partial charge in [0.25, 0.3) is 0 Å². The summed E-state index contributed by atoms with van der Waals surface area (Å²) in [6, 6.07) is 19.2. The fourth-order valence-electron chi connectivity index (χ4n) is 3.12. The third-order valence-electron chi connectivity index (χ3n) is 4.98. The first-order valence-corrected chi connectivity index (χ1v) is 11.7. The van der Waals surface area contributed by atoms with Gasteiger partial charge in [0.05, 0.1) is 11.4 Å². The average Bonchev–Trinajstić information content (AvgIpc) is 2.91. The summed E-state index contributed by atoms with van der Waals surface area (Å²) in [5.74, 6) is -1.22. The number of nitrogens with one attached hydrogen (secondary N) is 2. The van der Waals surface area contributed by atoms with Crippen LogP contribution in [0.1, 0.15) is 11.1 Å². The van der Waals surface area contributed by atoms with Crippen molar-refractivity contribution in [3.8, 4) is 11.8 Å². The predicted octanol–water partition coefficient (Wildman–Crippen LogP) is 4.40. The van der Waals surface area contributed by atoms with Crippen LogP contribution in [0, 0.1) is 17.1 Å². The van der Waals surface area contributed by atoms with Crippen LogP contribution in [-0.4, -0.2) is 37.2 Å². The number of esters is 1.